The van der Waals surface area contributed by atoms with Gasteiger partial charge in [-0.1, -0.05) is 13.0 Å². The summed E-state index contributed by atoms with van der Waals surface area (Å²) in [4.78, 5) is 13.7. The summed E-state index contributed by atoms with van der Waals surface area (Å²) in [6, 6.07) is 9.11. The summed E-state index contributed by atoms with van der Waals surface area (Å²) in [5, 5.41) is 13.4. The molecule has 0 unspecified atom stereocenters. The average molecular weight is 404 g/mol. The zero-order valence-electron chi connectivity index (χ0n) is 17.3. The van der Waals surface area contributed by atoms with Crippen molar-refractivity contribution < 1.29 is 4.39 Å². The van der Waals surface area contributed by atoms with E-state index in [-0.39, 0.29) is 5.82 Å². The molecule has 3 heterocycles. The van der Waals surface area contributed by atoms with Crippen molar-refractivity contribution in [1.29, 1.82) is 5.26 Å². The summed E-state index contributed by atoms with van der Waals surface area (Å²) in [5.74, 6) is 0.647. The van der Waals surface area contributed by atoms with Crippen molar-refractivity contribution in [2.24, 2.45) is 0 Å². The quantitative estimate of drug-likeness (QED) is 0.699. The third kappa shape index (κ3) is 4.05. The number of halogens is 1. The molecule has 30 heavy (non-hydrogen) atoms. The maximum atomic E-state index is 14.0. The van der Waals surface area contributed by atoms with Gasteiger partial charge in [-0.2, -0.15) is 5.26 Å². The normalized spacial score (nSPS) is 14.7. The van der Waals surface area contributed by atoms with E-state index in [4.69, 9.17) is 0 Å². The Labute approximate surface area is 176 Å². The van der Waals surface area contributed by atoms with E-state index in [1.54, 1.807) is 0 Å². The molecule has 2 aromatic heterocycles. The van der Waals surface area contributed by atoms with Crippen LogP contribution in [0.15, 0.2) is 36.7 Å². The number of fused-ring (bicyclic) bond motifs is 1. The molecule has 7 heteroatoms. The molecule has 0 spiro atoms. The van der Waals surface area contributed by atoms with Gasteiger partial charge in [0.2, 0.25) is 0 Å². The molecule has 0 amide bonds. The first-order chi connectivity index (χ1) is 14.6. The fourth-order valence-electron chi connectivity index (χ4n) is 3.90. The van der Waals surface area contributed by atoms with Gasteiger partial charge in [0.15, 0.2) is 0 Å². The maximum absolute atomic E-state index is 14.0. The second-order valence-electron chi connectivity index (χ2n) is 7.58. The number of benzene rings is 1. The third-order valence-corrected chi connectivity index (χ3v) is 5.67. The van der Waals surface area contributed by atoms with Crippen LogP contribution in [-0.4, -0.2) is 47.6 Å². The lowest BCUT2D eigenvalue weighted by molar-refractivity contribution is 0.270. The van der Waals surface area contributed by atoms with Gasteiger partial charge in [0, 0.05) is 50.5 Å². The minimum absolute atomic E-state index is 0.339. The number of nitrogens with one attached hydrogen (secondary N) is 1. The number of likely N-dealkylation sites (N-methyl/N-ethyl adjacent to an activating group) is 1. The van der Waals surface area contributed by atoms with Crippen LogP contribution in [0.5, 0.6) is 0 Å². The highest BCUT2D eigenvalue weighted by molar-refractivity contribution is 5.95. The molecule has 1 aromatic carbocycles. The maximum Gasteiger partial charge on any atom is 0.128 e. The van der Waals surface area contributed by atoms with Crippen molar-refractivity contribution in [1.82, 2.24) is 14.9 Å². The summed E-state index contributed by atoms with van der Waals surface area (Å²) < 4.78 is 14.0. The highest BCUT2D eigenvalue weighted by Crippen LogP contribution is 2.29. The zero-order valence-corrected chi connectivity index (χ0v) is 17.3. The van der Waals surface area contributed by atoms with Crippen LogP contribution in [0.1, 0.15) is 23.6 Å². The van der Waals surface area contributed by atoms with E-state index >= 15 is 0 Å². The monoisotopic (exact) mass is 404 g/mol. The van der Waals surface area contributed by atoms with Crippen molar-refractivity contribution in [2.45, 2.75) is 20.4 Å². The summed E-state index contributed by atoms with van der Waals surface area (Å²) >= 11 is 0. The molecule has 1 aliphatic rings. The SMILES string of the molecule is CCN1CCN(c2ccc(CNc3c(C#N)cnc4c(C)cc(F)cc34)cn2)CC1. The van der Waals surface area contributed by atoms with Gasteiger partial charge in [0.05, 0.1) is 16.8 Å². The van der Waals surface area contributed by atoms with Crippen LogP contribution in [-0.2, 0) is 6.54 Å². The van der Waals surface area contributed by atoms with Crippen molar-refractivity contribution in [3.63, 3.8) is 0 Å². The standard InChI is InChI=1S/C23H25FN6/c1-3-29-6-8-30(9-7-29)21-5-4-17(13-26-21)14-27-23-18(12-25)15-28-22-16(2)10-19(24)11-20(22)23/h4-5,10-11,13,15H,3,6-9,14H2,1-2H3,(H,27,28). The molecule has 1 saturated heterocycles. The predicted molar refractivity (Wildman–Crippen MR) is 117 cm³/mol. The zero-order chi connectivity index (χ0) is 21.1. The van der Waals surface area contributed by atoms with Crippen molar-refractivity contribution in [3.8, 4) is 6.07 Å². The lowest BCUT2D eigenvalue weighted by atomic mass is 10.1. The van der Waals surface area contributed by atoms with Crippen LogP contribution < -0.4 is 10.2 Å². The first-order valence-electron chi connectivity index (χ1n) is 10.2. The van der Waals surface area contributed by atoms with Gasteiger partial charge in [-0.25, -0.2) is 9.37 Å². The van der Waals surface area contributed by atoms with E-state index in [9.17, 15) is 9.65 Å². The number of pyridine rings is 2. The van der Waals surface area contributed by atoms with Crippen LogP contribution in [0.3, 0.4) is 0 Å². The number of nitrogens with zero attached hydrogens (tertiary/aromatic N) is 5. The van der Waals surface area contributed by atoms with Crippen LogP contribution in [0, 0.1) is 24.1 Å². The molecule has 1 N–H and O–H groups in total. The molecule has 0 atom stereocenters. The number of piperazine rings is 1. The van der Waals surface area contributed by atoms with Crippen molar-refractivity contribution in [3.05, 3.63) is 59.2 Å². The summed E-state index contributed by atoms with van der Waals surface area (Å²) in [7, 11) is 0. The van der Waals surface area contributed by atoms with Crippen LogP contribution in [0.2, 0.25) is 0 Å². The molecule has 0 saturated carbocycles. The summed E-state index contributed by atoms with van der Waals surface area (Å²) in [6.07, 6.45) is 3.39. The second-order valence-corrected chi connectivity index (χ2v) is 7.58. The molecular weight excluding hydrogens is 379 g/mol. The molecule has 3 aromatic rings. The lowest BCUT2D eigenvalue weighted by Gasteiger charge is -2.34. The van der Waals surface area contributed by atoms with Crippen molar-refractivity contribution in [2.75, 3.05) is 42.9 Å². The van der Waals surface area contributed by atoms with Gasteiger partial charge in [-0.3, -0.25) is 4.98 Å². The number of nitriles is 1. The second kappa shape index (κ2) is 8.64. The summed E-state index contributed by atoms with van der Waals surface area (Å²) in [6.45, 7) is 9.67. The molecule has 0 radical (unpaired) electrons. The third-order valence-electron chi connectivity index (χ3n) is 5.67. The van der Waals surface area contributed by atoms with Crippen LogP contribution in [0.25, 0.3) is 10.9 Å². The van der Waals surface area contributed by atoms with Gasteiger partial charge in [0.25, 0.3) is 0 Å². The number of anilines is 2. The number of aryl methyl sites for hydroxylation is 1. The van der Waals surface area contributed by atoms with Crippen LogP contribution >= 0.6 is 0 Å². The van der Waals surface area contributed by atoms with Gasteiger partial charge in [-0.05, 0) is 42.8 Å². The van der Waals surface area contributed by atoms with E-state index in [0.717, 1.165) is 49.7 Å². The van der Waals surface area contributed by atoms with E-state index in [1.807, 2.05) is 25.3 Å². The summed E-state index contributed by atoms with van der Waals surface area (Å²) in [5.41, 5.74) is 3.42. The van der Waals surface area contributed by atoms with Gasteiger partial charge in [-0.15, -0.1) is 0 Å². The van der Waals surface area contributed by atoms with Crippen molar-refractivity contribution >= 4 is 22.4 Å². The van der Waals surface area contributed by atoms with Crippen LogP contribution in [0.4, 0.5) is 15.9 Å². The Morgan fingerprint density at radius 2 is 1.93 bits per heavy atom. The molecule has 0 aliphatic carbocycles. The Morgan fingerprint density at radius 1 is 1.13 bits per heavy atom. The Bertz CT molecular complexity index is 1080. The average Bonchev–Trinajstić information content (AvgIpc) is 2.77. The Balaban J connectivity index is 1.51. The van der Waals surface area contributed by atoms with E-state index in [0.29, 0.717) is 28.7 Å². The molecule has 4 rings (SSSR count). The van der Waals surface area contributed by atoms with Gasteiger partial charge < -0.3 is 15.1 Å². The topological polar surface area (TPSA) is 68.1 Å². The van der Waals surface area contributed by atoms with E-state index < -0.39 is 0 Å². The lowest BCUT2D eigenvalue weighted by Crippen LogP contribution is -2.46. The largest absolute Gasteiger partial charge is 0.379 e. The highest BCUT2D eigenvalue weighted by atomic mass is 19.1. The smallest absolute Gasteiger partial charge is 0.128 e. The number of rotatable bonds is 5. The first kappa shape index (κ1) is 20.0. The predicted octanol–water partition coefficient (Wildman–Crippen LogP) is 3.70. The Hall–Kier alpha value is -3.24. The number of aromatic nitrogens is 2. The Morgan fingerprint density at radius 3 is 2.60 bits per heavy atom. The number of hydrogen-bond acceptors (Lipinski definition) is 6. The van der Waals surface area contributed by atoms with E-state index in [1.165, 1.54) is 18.3 Å². The molecular formula is C23H25FN6. The highest BCUT2D eigenvalue weighted by Gasteiger charge is 2.17. The minimum Gasteiger partial charge on any atom is -0.379 e. The first-order valence-corrected chi connectivity index (χ1v) is 10.2. The van der Waals surface area contributed by atoms with Gasteiger partial charge >= 0.3 is 0 Å². The molecule has 0 bridgehead atoms. The minimum atomic E-state index is -0.339. The molecule has 6 nitrogen and oxygen atoms in total. The molecule has 154 valence electrons. The Kier molecular flexibility index (Phi) is 5.77. The van der Waals surface area contributed by atoms with E-state index in [2.05, 4.69) is 38.1 Å². The molecule has 1 aliphatic heterocycles. The number of hydrogen-bond donors (Lipinski definition) is 1. The fourth-order valence-corrected chi connectivity index (χ4v) is 3.90. The fraction of sp³-hybridized carbons (Fsp3) is 0.348. The van der Waals surface area contributed by atoms with Gasteiger partial charge in [0.1, 0.15) is 17.7 Å². The molecule has 1 fully saturated rings.